The highest BCUT2D eigenvalue weighted by atomic mass is 16.5. The van der Waals surface area contributed by atoms with Crippen LogP contribution >= 0.6 is 0 Å². The zero-order valence-electron chi connectivity index (χ0n) is 15.3. The highest BCUT2D eigenvalue weighted by molar-refractivity contribution is 5.95. The summed E-state index contributed by atoms with van der Waals surface area (Å²) in [6.07, 6.45) is 2.08. The molecule has 0 heterocycles. The molecule has 136 valence electrons. The summed E-state index contributed by atoms with van der Waals surface area (Å²) < 4.78 is 5.15. The van der Waals surface area contributed by atoms with Gasteiger partial charge < -0.3 is 10.1 Å². The second kappa shape index (κ2) is 10.2. The molecule has 2 rings (SSSR count). The first-order valence-corrected chi connectivity index (χ1v) is 8.82. The third-order valence-electron chi connectivity index (χ3n) is 4.04. The molecule has 0 aromatic heterocycles. The Hall–Kier alpha value is -2.88. The lowest BCUT2D eigenvalue weighted by molar-refractivity contribution is -0.147. The van der Waals surface area contributed by atoms with Gasteiger partial charge in [-0.05, 0) is 37.0 Å². The number of hydrogen-bond acceptors (Lipinski definition) is 3. The fourth-order valence-electron chi connectivity index (χ4n) is 2.65. The van der Waals surface area contributed by atoms with Crippen LogP contribution in [-0.4, -0.2) is 25.0 Å². The van der Waals surface area contributed by atoms with Crippen molar-refractivity contribution in [2.75, 3.05) is 13.2 Å². The topological polar surface area (TPSA) is 55.4 Å². The van der Waals surface area contributed by atoms with E-state index in [1.54, 1.807) is 13.0 Å². The van der Waals surface area contributed by atoms with E-state index in [0.29, 0.717) is 13.0 Å². The van der Waals surface area contributed by atoms with Crippen LogP contribution in [0.2, 0.25) is 0 Å². The molecule has 0 fully saturated rings. The van der Waals surface area contributed by atoms with Crippen molar-refractivity contribution in [2.45, 2.75) is 20.3 Å². The molecule has 2 aromatic rings. The van der Waals surface area contributed by atoms with Gasteiger partial charge in [-0.25, -0.2) is 0 Å². The van der Waals surface area contributed by atoms with Crippen molar-refractivity contribution in [3.8, 4) is 0 Å². The van der Waals surface area contributed by atoms with Crippen LogP contribution in [-0.2, 0) is 20.7 Å². The number of benzene rings is 2. The van der Waals surface area contributed by atoms with Crippen LogP contribution in [0.5, 0.6) is 0 Å². The molecule has 0 aliphatic rings. The zero-order valence-corrected chi connectivity index (χ0v) is 15.3. The van der Waals surface area contributed by atoms with Crippen LogP contribution in [0.15, 0.2) is 66.7 Å². The molecule has 0 bridgehead atoms. The minimum absolute atomic E-state index is 0.214. The Kier molecular flexibility index (Phi) is 7.62. The molecule has 1 N–H and O–H groups in total. The van der Waals surface area contributed by atoms with Crippen molar-refractivity contribution in [1.29, 1.82) is 0 Å². The van der Waals surface area contributed by atoms with Crippen molar-refractivity contribution in [3.05, 3.63) is 77.9 Å². The summed E-state index contributed by atoms with van der Waals surface area (Å²) in [4.78, 5) is 24.4. The Labute approximate surface area is 154 Å². The molecule has 0 saturated carbocycles. The first-order valence-electron chi connectivity index (χ1n) is 8.82. The molecular formula is C22H25NO3. The first-order chi connectivity index (χ1) is 12.6. The van der Waals surface area contributed by atoms with E-state index in [4.69, 9.17) is 4.74 Å². The molecule has 0 radical (unpaired) electrons. The number of allylic oxidation sites excluding steroid dienone is 1. The third kappa shape index (κ3) is 6.20. The van der Waals surface area contributed by atoms with Crippen molar-refractivity contribution in [3.63, 3.8) is 0 Å². The van der Waals surface area contributed by atoms with Gasteiger partial charge in [-0.1, -0.05) is 60.7 Å². The summed E-state index contributed by atoms with van der Waals surface area (Å²) in [6.45, 7) is 4.24. The largest absolute Gasteiger partial charge is 0.466 e. The first kappa shape index (κ1) is 19.4. The van der Waals surface area contributed by atoms with Gasteiger partial charge in [0.2, 0.25) is 5.91 Å². The van der Waals surface area contributed by atoms with E-state index in [-0.39, 0.29) is 18.4 Å². The van der Waals surface area contributed by atoms with E-state index in [1.807, 2.05) is 67.6 Å². The smallest absolute Gasteiger partial charge is 0.311 e. The molecule has 4 heteroatoms. The molecule has 0 aliphatic carbocycles. The van der Waals surface area contributed by atoms with Crippen LogP contribution in [0.3, 0.4) is 0 Å². The Bertz CT molecular complexity index is 738. The molecule has 2 aromatic carbocycles. The molecule has 4 nitrogen and oxygen atoms in total. The number of carbonyl (C=O) groups excluding carboxylic acids is 2. The van der Waals surface area contributed by atoms with Crippen LogP contribution in [0.1, 0.15) is 25.0 Å². The quantitative estimate of drug-likeness (QED) is 0.584. The van der Waals surface area contributed by atoms with Crippen LogP contribution in [0, 0.1) is 5.92 Å². The normalized spacial score (nSPS) is 12.3. The summed E-state index contributed by atoms with van der Waals surface area (Å²) in [5.41, 5.74) is 2.91. The molecule has 1 atom stereocenters. The average Bonchev–Trinajstić information content (AvgIpc) is 2.66. The number of amides is 1. The van der Waals surface area contributed by atoms with Gasteiger partial charge in [0, 0.05) is 12.6 Å². The Morgan fingerprint density at radius 2 is 1.65 bits per heavy atom. The maximum atomic E-state index is 12.2. The molecule has 0 aliphatic heterocycles. The van der Waals surface area contributed by atoms with Crippen molar-refractivity contribution < 1.29 is 14.3 Å². The second-order valence-electron chi connectivity index (χ2n) is 6.08. The Morgan fingerprint density at radius 1 is 1.04 bits per heavy atom. The fraction of sp³-hybridized carbons (Fsp3) is 0.273. The molecule has 0 saturated heterocycles. The fourth-order valence-corrected chi connectivity index (χ4v) is 2.65. The van der Waals surface area contributed by atoms with Gasteiger partial charge in [-0.3, -0.25) is 9.59 Å². The van der Waals surface area contributed by atoms with E-state index < -0.39 is 5.92 Å². The van der Waals surface area contributed by atoms with E-state index in [2.05, 4.69) is 5.32 Å². The highest BCUT2D eigenvalue weighted by Crippen LogP contribution is 2.13. The van der Waals surface area contributed by atoms with Crippen LogP contribution in [0.4, 0.5) is 0 Å². The van der Waals surface area contributed by atoms with E-state index >= 15 is 0 Å². The van der Waals surface area contributed by atoms with Gasteiger partial charge in [0.05, 0.1) is 12.5 Å². The summed E-state index contributed by atoms with van der Waals surface area (Å²) >= 11 is 0. The number of esters is 1. The number of carbonyl (C=O) groups is 2. The number of hydrogen-bond donors (Lipinski definition) is 1. The van der Waals surface area contributed by atoms with Gasteiger partial charge >= 0.3 is 5.97 Å². The van der Waals surface area contributed by atoms with E-state index in [1.165, 1.54) is 0 Å². The zero-order chi connectivity index (χ0) is 18.8. The minimum Gasteiger partial charge on any atom is -0.466 e. The number of nitrogens with one attached hydrogen (secondary N) is 1. The lowest BCUT2D eigenvalue weighted by atomic mass is 9.99. The molecule has 26 heavy (non-hydrogen) atoms. The number of rotatable bonds is 8. The predicted molar refractivity (Wildman–Crippen MR) is 103 cm³/mol. The SMILES string of the molecule is CCOC(=O)C(CNC(=O)/C=C(/C)c1ccccc1)Cc1ccccc1. The summed E-state index contributed by atoms with van der Waals surface area (Å²) in [6, 6.07) is 19.4. The van der Waals surface area contributed by atoms with Gasteiger partial charge in [0.25, 0.3) is 0 Å². The maximum absolute atomic E-state index is 12.2. The summed E-state index contributed by atoms with van der Waals surface area (Å²) in [5, 5.41) is 2.83. The molecule has 0 spiro atoms. The van der Waals surface area contributed by atoms with Crippen LogP contribution in [0.25, 0.3) is 5.57 Å². The summed E-state index contributed by atoms with van der Waals surface area (Å²) in [7, 11) is 0. The van der Waals surface area contributed by atoms with Gasteiger partial charge in [0.15, 0.2) is 0 Å². The maximum Gasteiger partial charge on any atom is 0.311 e. The van der Waals surface area contributed by atoms with Crippen molar-refractivity contribution in [2.24, 2.45) is 5.92 Å². The third-order valence-corrected chi connectivity index (χ3v) is 4.04. The minimum atomic E-state index is -0.410. The van der Waals surface area contributed by atoms with Crippen molar-refractivity contribution >= 4 is 17.4 Å². The predicted octanol–water partition coefficient (Wildman–Crippen LogP) is 3.63. The molecule has 1 amide bonds. The standard InChI is InChI=1S/C22H25NO3/c1-3-26-22(25)20(15-18-10-6-4-7-11-18)16-23-21(24)14-17(2)19-12-8-5-9-13-19/h4-14,20H,3,15-16H2,1-2H3,(H,23,24)/b17-14-. The van der Waals surface area contributed by atoms with Gasteiger partial charge in [-0.15, -0.1) is 0 Å². The van der Waals surface area contributed by atoms with E-state index in [9.17, 15) is 9.59 Å². The van der Waals surface area contributed by atoms with Gasteiger partial charge in [-0.2, -0.15) is 0 Å². The Balaban J connectivity index is 1.99. The highest BCUT2D eigenvalue weighted by Gasteiger charge is 2.20. The second-order valence-corrected chi connectivity index (χ2v) is 6.08. The summed E-state index contributed by atoms with van der Waals surface area (Å²) in [5.74, 6) is -0.916. The van der Waals surface area contributed by atoms with Gasteiger partial charge in [0.1, 0.15) is 0 Å². The lowest BCUT2D eigenvalue weighted by Gasteiger charge is -2.16. The Morgan fingerprint density at radius 3 is 2.27 bits per heavy atom. The van der Waals surface area contributed by atoms with E-state index in [0.717, 1.165) is 16.7 Å². The monoisotopic (exact) mass is 351 g/mol. The molecule has 1 unspecified atom stereocenters. The van der Waals surface area contributed by atoms with Crippen LogP contribution < -0.4 is 5.32 Å². The molecular weight excluding hydrogens is 326 g/mol. The van der Waals surface area contributed by atoms with Crippen molar-refractivity contribution in [1.82, 2.24) is 5.32 Å². The number of ether oxygens (including phenoxy) is 1. The lowest BCUT2D eigenvalue weighted by Crippen LogP contribution is -2.34. The average molecular weight is 351 g/mol.